The van der Waals surface area contributed by atoms with Crippen LogP contribution in [0.1, 0.15) is 5.69 Å². The van der Waals surface area contributed by atoms with Crippen LogP contribution in [0, 0.1) is 0 Å². The van der Waals surface area contributed by atoms with Crippen molar-refractivity contribution in [2.75, 3.05) is 11.9 Å². The second-order valence-electron chi connectivity index (χ2n) is 5.02. The molecule has 0 aliphatic carbocycles. The Kier molecular flexibility index (Phi) is 4.68. The van der Waals surface area contributed by atoms with Crippen molar-refractivity contribution in [3.8, 4) is 10.6 Å². The van der Waals surface area contributed by atoms with Crippen molar-refractivity contribution in [1.29, 1.82) is 0 Å². The Morgan fingerprint density at radius 2 is 2.09 bits per heavy atom. The van der Waals surface area contributed by atoms with Crippen molar-refractivity contribution in [3.05, 3.63) is 53.7 Å². The highest BCUT2D eigenvalue weighted by Crippen LogP contribution is 2.23. The van der Waals surface area contributed by atoms with Gasteiger partial charge in [-0.25, -0.2) is 9.78 Å². The molecule has 7 heteroatoms. The van der Waals surface area contributed by atoms with Gasteiger partial charge < -0.3 is 5.32 Å². The normalized spacial score (nSPS) is 10.5. The average molecular weight is 327 g/mol. The molecule has 0 aliphatic rings. The SMILES string of the molecule is Cn1ccc(NC(=O)NCCc2csc(-c3ccccc3)n2)n1. The molecule has 0 radical (unpaired) electrons. The molecule has 0 saturated heterocycles. The number of carbonyl (C=O) groups excluding carboxylic acids is 1. The quantitative estimate of drug-likeness (QED) is 0.757. The highest BCUT2D eigenvalue weighted by molar-refractivity contribution is 7.13. The van der Waals surface area contributed by atoms with E-state index in [-0.39, 0.29) is 6.03 Å². The lowest BCUT2D eigenvalue weighted by Crippen LogP contribution is -2.30. The second-order valence-corrected chi connectivity index (χ2v) is 5.87. The topological polar surface area (TPSA) is 71.8 Å². The Balaban J connectivity index is 1.47. The van der Waals surface area contributed by atoms with Gasteiger partial charge in [0.1, 0.15) is 5.01 Å². The standard InChI is InChI=1S/C16H17N5OS/c1-21-10-8-14(20-21)19-16(22)17-9-7-13-11-23-15(18-13)12-5-3-2-4-6-12/h2-6,8,10-11H,7,9H2,1H3,(H2,17,19,20,22). The van der Waals surface area contributed by atoms with Crippen LogP contribution in [-0.4, -0.2) is 27.3 Å². The molecule has 3 rings (SSSR count). The van der Waals surface area contributed by atoms with E-state index in [0.29, 0.717) is 18.8 Å². The zero-order valence-electron chi connectivity index (χ0n) is 12.7. The number of rotatable bonds is 5. The third kappa shape index (κ3) is 4.17. The van der Waals surface area contributed by atoms with Crippen LogP contribution in [0.15, 0.2) is 48.0 Å². The highest BCUT2D eigenvalue weighted by Gasteiger charge is 2.06. The maximum Gasteiger partial charge on any atom is 0.320 e. The van der Waals surface area contributed by atoms with Gasteiger partial charge >= 0.3 is 6.03 Å². The van der Waals surface area contributed by atoms with E-state index in [2.05, 4.69) is 20.7 Å². The van der Waals surface area contributed by atoms with Gasteiger partial charge in [-0.05, 0) is 0 Å². The summed E-state index contributed by atoms with van der Waals surface area (Å²) >= 11 is 1.61. The molecule has 2 amide bonds. The zero-order valence-corrected chi connectivity index (χ0v) is 13.5. The minimum atomic E-state index is -0.262. The molecule has 0 saturated carbocycles. The number of aromatic nitrogens is 3. The van der Waals surface area contributed by atoms with Crippen molar-refractivity contribution in [3.63, 3.8) is 0 Å². The molecule has 2 N–H and O–H groups in total. The predicted octanol–water partition coefficient (Wildman–Crippen LogP) is 2.91. The number of anilines is 1. The van der Waals surface area contributed by atoms with E-state index in [4.69, 9.17) is 0 Å². The molecule has 0 fully saturated rings. The van der Waals surface area contributed by atoms with Gasteiger partial charge in [0.2, 0.25) is 0 Å². The van der Waals surface area contributed by atoms with Gasteiger partial charge in [0.05, 0.1) is 5.69 Å². The van der Waals surface area contributed by atoms with Gasteiger partial charge in [-0.3, -0.25) is 10.00 Å². The van der Waals surface area contributed by atoms with Crippen molar-refractivity contribution in [2.24, 2.45) is 7.05 Å². The van der Waals surface area contributed by atoms with Gasteiger partial charge in [0.15, 0.2) is 5.82 Å². The van der Waals surface area contributed by atoms with Gasteiger partial charge in [0.25, 0.3) is 0 Å². The van der Waals surface area contributed by atoms with Crippen molar-refractivity contribution in [1.82, 2.24) is 20.1 Å². The number of amides is 2. The van der Waals surface area contributed by atoms with Gasteiger partial charge in [0, 0.05) is 43.2 Å². The van der Waals surface area contributed by atoms with Gasteiger partial charge in [-0.15, -0.1) is 11.3 Å². The lowest BCUT2D eigenvalue weighted by molar-refractivity contribution is 0.252. The van der Waals surface area contributed by atoms with E-state index in [1.165, 1.54) is 0 Å². The molecule has 2 aromatic heterocycles. The fourth-order valence-corrected chi connectivity index (χ4v) is 2.94. The Bertz CT molecular complexity index is 781. The monoisotopic (exact) mass is 327 g/mol. The van der Waals surface area contributed by atoms with E-state index >= 15 is 0 Å². The number of hydrogen-bond donors (Lipinski definition) is 2. The molecular formula is C16H17N5OS. The van der Waals surface area contributed by atoms with Crippen LogP contribution in [0.25, 0.3) is 10.6 Å². The lowest BCUT2D eigenvalue weighted by Gasteiger charge is -2.04. The Morgan fingerprint density at radius 3 is 2.83 bits per heavy atom. The summed E-state index contributed by atoms with van der Waals surface area (Å²) in [5.41, 5.74) is 2.09. The Morgan fingerprint density at radius 1 is 1.26 bits per heavy atom. The van der Waals surface area contributed by atoms with Crippen LogP contribution in [0.5, 0.6) is 0 Å². The van der Waals surface area contributed by atoms with Crippen LogP contribution in [0.2, 0.25) is 0 Å². The van der Waals surface area contributed by atoms with Crippen molar-refractivity contribution >= 4 is 23.2 Å². The minimum Gasteiger partial charge on any atom is -0.337 e. The summed E-state index contributed by atoms with van der Waals surface area (Å²) in [6, 6.07) is 11.6. The van der Waals surface area contributed by atoms with E-state index in [9.17, 15) is 4.79 Å². The van der Waals surface area contributed by atoms with Crippen LogP contribution in [-0.2, 0) is 13.5 Å². The first-order valence-corrected chi connectivity index (χ1v) is 8.13. The summed E-state index contributed by atoms with van der Waals surface area (Å²) in [5.74, 6) is 0.532. The molecular weight excluding hydrogens is 310 g/mol. The second kappa shape index (κ2) is 7.06. The molecule has 1 aromatic carbocycles. The molecule has 6 nitrogen and oxygen atoms in total. The highest BCUT2D eigenvalue weighted by atomic mass is 32.1. The summed E-state index contributed by atoms with van der Waals surface area (Å²) < 4.78 is 1.63. The molecule has 118 valence electrons. The number of urea groups is 1. The first-order chi connectivity index (χ1) is 11.2. The summed E-state index contributed by atoms with van der Waals surface area (Å²) in [7, 11) is 1.80. The number of thiazole rings is 1. The molecule has 3 aromatic rings. The van der Waals surface area contributed by atoms with E-state index in [1.807, 2.05) is 35.7 Å². The first kappa shape index (κ1) is 15.2. The number of nitrogens with one attached hydrogen (secondary N) is 2. The Hall–Kier alpha value is -2.67. The molecule has 0 aliphatic heterocycles. The number of aryl methyl sites for hydroxylation is 1. The molecule has 0 spiro atoms. The van der Waals surface area contributed by atoms with Crippen LogP contribution < -0.4 is 10.6 Å². The average Bonchev–Trinajstić information content (AvgIpc) is 3.17. The van der Waals surface area contributed by atoms with Crippen LogP contribution >= 0.6 is 11.3 Å². The third-order valence-corrected chi connectivity index (χ3v) is 4.13. The number of benzene rings is 1. The minimum absolute atomic E-state index is 0.262. The third-order valence-electron chi connectivity index (χ3n) is 3.19. The van der Waals surface area contributed by atoms with E-state index in [1.54, 1.807) is 35.3 Å². The summed E-state index contributed by atoms with van der Waals surface area (Å²) in [6.45, 7) is 0.524. The van der Waals surface area contributed by atoms with Crippen molar-refractivity contribution < 1.29 is 4.79 Å². The summed E-state index contributed by atoms with van der Waals surface area (Å²) in [4.78, 5) is 16.3. The maximum absolute atomic E-state index is 11.7. The first-order valence-electron chi connectivity index (χ1n) is 7.25. The molecule has 0 unspecified atom stereocenters. The van der Waals surface area contributed by atoms with E-state index < -0.39 is 0 Å². The van der Waals surface area contributed by atoms with E-state index in [0.717, 1.165) is 16.3 Å². The van der Waals surface area contributed by atoms with Crippen LogP contribution in [0.3, 0.4) is 0 Å². The van der Waals surface area contributed by atoms with Gasteiger partial charge in [-0.1, -0.05) is 30.3 Å². The van der Waals surface area contributed by atoms with Crippen molar-refractivity contribution in [2.45, 2.75) is 6.42 Å². The fourth-order valence-electron chi connectivity index (χ4n) is 2.08. The van der Waals surface area contributed by atoms with Gasteiger partial charge in [-0.2, -0.15) is 5.10 Å². The number of hydrogen-bond acceptors (Lipinski definition) is 4. The molecule has 0 bridgehead atoms. The smallest absolute Gasteiger partial charge is 0.320 e. The fraction of sp³-hybridized carbons (Fsp3) is 0.188. The lowest BCUT2D eigenvalue weighted by atomic mass is 10.2. The maximum atomic E-state index is 11.7. The largest absolute Gasteiger partial charge is 0.337 e. The summed E-state index contributed by atoms with van der Waals surface area (Å²) in [6.07, 6.45) is 2.47. The summed E-state index contributed by atoms with van der Waals surface area (Å²) in [5, 5.41) is 12.6. The molecule has 2 heterocycles. The zero-order chi connectivity index (χ0) is 16.1. The number of carbonyl (C=O) groups is 1. The molecule has 0 atom stereocenters. The predicted molar refractivity (Wildman–Crippen MR) is 91.5 cm³/mol. The van der Waals surface area contributed by atoms with Crippen LogP contribution in [0.4, 0.5) is 10.6 Å². The number of nitrogens with zero attached hydrogens (tertiary/aromatic N) is 3. The molecule has 23 heavy (non-hydrogen) atoms. The Labute approximate surface area is 138 Å².